The highest BCUT2D eigenvalue weighted by Crippen LogP contribution is 2.35. The van der Waals surface area contributed by atoms with Crippen molar-refractivity contribution in [2.45, 2.75) is 25.7 Å². The van der Waals surface area contributed by atoms with Crippen LogP contribution < -0.4 is 15.4 Å². The molecule has 0 bridgehead atoms. The molecule has 3 amide bonds. The second-order valence-electron chi connectivity index (χ2n) is 7.94. The molecule has 168 valence electrons. The number of benzene rings is 1. The summed E-state index contributed by atoms with van der Waals surface area (Å²) >= 11 is 0. The molecule has 0 radical (unpaired) electrons. The van der Waals surface area contributed by atoms with Crippen molar-refractivity contribution in [1.82, 2.24) is 15.5 Å². The Morgan fingerprint density at radius 3 is 2.84 bits per heavy atom. The van der Waals surface area contributed by atoms with Gasteiger partial charge in [0, 0.05) is 33.3 Å². The topological polar surface area (TPSA) is 97.0 Å². The zero-order valence-electron chi connectivity index (χ0n) is 18.0. The van der Waals surface area contributed by atoms with Crippen molar-refractivity contribution in [3.05, 3.63) is 42.0 Å². The fourth-order valence-corrected chi connectivity index (χ4v) is 4.07. The number of para-hydroxylation sites is 1. The summed E-state index contributed by atoms with van der Waals surface area (Å²) in [6, 6.07) is 7.09. The number of methoxy groups -OCH3 is 1. The highest BCUT2D eigenvalue weighted by atomic mass is 16.5. The van der Waals surface area contributed by atoms with Crippen molar-refractivity contribution in [2.24, 2.45) is 5.41 Å². The number of amides is 3. The van der Waals surface area contributed by atoms with Gasteiger partial charge in [0.15, 0.2) is 0 Å². The molecule has 31 heavy (non-hydrogen) atoms. The first-order valence-corrected chi connectivity index (χ1v) is 10.8. The van der Waals surface area contributed by atoms with Crippen LogP contribution in [0.5, 0.6) is 5.75 Å². The van der Waals surface area contributed by atoms with E-state index in [2.05, 4.69) is 10.6 Å². The number of nitrogens with zero attached hydrogens (tertiary/aromatic N) is 1. The molecule has 2 N–H and O–H groups in total. The molecule has 2 aliphatic rings. The maximum Gasteiger partial charge on any atom is 0.255 e. The molecule has 8 nitrogen and oxygen atoms in total. The molecular weight excluding hydrogens is 398 g/mol. The first-order valence-electron chi connectivity index (χ1n) is 10.8. The van der Waals surface area contributed by atoms with Crippen LogP contribution in [0.1, 0.15) is 36.0 Å². The van der Waals surface area contributed by atoms with E-state index < -0.39 is 5.41 Å². The molecule has 2 aliphatic heterocycles. The normalized spacial score (nSPS) is 22.7. The standard InChI is InChI=1S/C23H31N3O5/c1-30-16-9-20(27)26-14-6-11-23(17-26)10-4-5-15-31-19-8-3-2-7-18(19)21(28)24-12-13-25-22(23)29/h2-5,7-8H,6,9-17H2,1H3,(H,24,28)(H,25,29). The largest absolute Gasteiger partial charge is 0.489 e. The number of piperidine rings is 1. The van der Waals surface area contributed by atoms with Gasteiger partial charge in [-0.15, -0.1) is 0 Å². The molecule has 1 saturated heterocycles. The number of fused-ring (bicyclic) bond motifs is 1. The Bertz CT molecular complexity index is 825. The lowest BCUT2D eigenvalue weighted by Crippen LogP contribution is -2.54. The summed E-state index contributed by atoms with van der Waals surface area (Å²) in [5.74, 6) is 0.194. The molecule has 0 aliphatic carbocycles. The quantitative estimate of drug-likeness (QED) is 0.710. The van der Waals surface area contributed by atoms with Crippen molar-refractivity contribution < 1.29 is 23.9 Å². The first-order chi connectivity index (χ1) is 15.1. The van der Waals surface area contributed by atoms with Gasteiger partial charge in [-0.1, -0.05) is 24.3 Å². The Morgan fingerprint density at radius 1 is 1.19 bits per heavy atom. The molecule has 1 spiro atoms. The number of hydrogen-bond acceptors (Lipinski definition) is 5. The molecular formula is C23H31N3O5. The number of carbonyl (C=O) groups is 3. The van der Waals surface area contributed by atoms with Crippen LogP contribution >= 0.6 is 0 Å². The van der Waals surface area contributed by atoms with E-state index in [4.69, 9.17) is 9.47 Å². The fraction of sp³-hybridized carbons (Fsp3) is 0.522. The summed E-state index contributed by atoms with van der Waals surface area (Å²) in [6.45, 7) is 2.31. The van der Waals surface area contributed by atoms with E-state index in [-0.39, 0.29) is 17.7 Å². The lowest BCUT2D eigenvalue weighted by Gasteiger charge is -2.41. The second-order valence-corrected chi connectivity index (χ2v) is 7.94. The highest BCUT2D eigenvalue weighted by molar-refractivity contribution is 5.97. The van der Waals surface area contributed by atoms with E-state index >= 15 is 0 Å². The minimum atomic E-state index is -0.691. The van der Waals surface area contributed by atoms with Crippen LogP contribution in [-0.2, 0) is 14.3 Å². The van der Waals surface area contributed by atoms with Crippen LogP contribution in [0, 0.1) is 5.41 Å². The van der Waals surface area contributed by atoms with E-state index in [0.717, 1.165) is 6.42 Å². The molecule has 1 fully saturated rings. The van der Waals surface area contributed by atoms with Gasteiger partial charge in [-0.25, -0.2) is 0 Å². The molecule has 0 saturated carbocycles. The molecule has 1 aromatic rings. The number of allylic oxidation sites excluding steroid dienone is 1. The number of likely N-dealkylation sites (tertiary alicyclic amines) is 1. The number of nitrogens with one attached hydrogen (secondary N) is 2. The Kier molecular flexibility index (Phi) is 8.06. The van der Waals surface area contributed by atoms with E-state index in [1.807, 2.05) is 18.2 Å². The molecule has 1 atom stereocenters. The highest BCUT2D eigenvalue weighted by Gasteiger charge is 2.42. The van der Waals surface area contributed by atoms with Gasteiger partial charge in [0.25, 0.3) is 5.91 Å². The van der Waals surface area contributed by atoms with Gasteiger partial charge in [0.05, 0.1) is 24.0 Å². The van der Waals surface area contributed by atoms with Crippen molar-refractivity contribution in [2.75, 3.05) is 46.5 Å². The Hall–Kier alpha value is -2.87. The average molecular weight is 430 g/mol. The van der Waals surface area contributed by atoms with Crippen LogP contribution in [0.25, 0.3) is 0 Å². The van der Waals surface area contributed by atoms with Crippen LogP contribution in [0.15, 0.2) is 36.4 Å². The SMILES string of the molecule is COCCC(=O)N1CCCC2(CC=CCOc3ccccc3C(=O)NCCNC2=O)C1. The Balaban J connectivity index is 1.75. The molecule has 2 heterocycles. The van der Waals surface area contributed by atoms with E-state index in [1.165, 1.54) is 0 Å². The summed E-state index contributed by atoms with van der Waals surface area (Å²) < 4.78 is 10.8. The molecule has 1 aromatic carbocycles. The van der Waals surface area contributed by atoms with Gasteiger partial charge in [-0.2, -0.15) is 0 Å². The lowest BCUT2D eigenvalue weighted by molar-refractivity contribution is -0.142. The summed E-state index contributed by atoms with van der Waals surface area (Å²) in [7, 11) is 1.57. The molecule has 3 rings (SSSR count). The van der Waals surface area contributed by atoms with Crippen LogP contribution in [0.3, 0.4) is 0 Å². The smallest absolute Gasteiger partial charge is 0.255 e. The third kappa shape index (κ3) is 5.85. The summed E-state index contributed by atoms with van der Waals surface area (Å²) in [4.78, 5) is 40.0. The summed E-state index contributed by atoms with van der Waals surface area (Å²) in [5.41, 5.74) is -0.225. The number of carbonyl (C=O) groups excluding carboxylic acids is 3. The first kappa shape index (κ1) is 22.8. The van der Waals surface area contributed by atoms with Crippen molar-refractivity contribution in [3.63, 3.8) is 0 Å². The summed E-state index contributed by atoms with van der Waals surface area (Å²) in [5, 5.41) is 5.79. The van der Waals surface area contributed by atoms with Crippen LogP contribution in [0.2, 0.25) is 0 Å². The zero-order valence-corrected chi connectivity index (χ0v) is 18.0. The minimum absolute atomic E-state index is 0.00399. The maximum absolute atomic E-state index is 13.2. The molecule has 0 aromatic heterocycles. The van der Waals surface area contributed by atoms with E-state index in [0.29, 0.717) is 70.0 Å². The number of rotatable bonds is 3. The predicted octanol–water partition coefficient (Wildman–Crippen LogP) is 1.52. The van der Waals surface area contributed by atoms with Gasteiger partial charge in [-0.05, 0) is 31.4 Å². The lowest BCUT2D eigenvalue weighted by atomic mass is 9.76. The van der Waals surface area contributed by atoms with Gasteiger partial charge in [0.1, 0.15) is 12.4 Å². The van der Waals surface area contributed by atoms with Crippen LogP contribution in [-0.4, -0.2) is 69.1 Å². The van der Waals surface area contributed by atoms with Crippen molar-refractivity contribution in [1.29, 1.82) is 0 Å². The number of hydrogen-bond donors (Lipinski definition) is 2. The van der Waals surface area contributed by atoms with Crippen molar-refractivity contribution >= 4 is 17.7 Å². The predicted molar refractivity (Wildman–Crippen MR) is 116 cm³/mol. The monoisotopic (exact) mass is 429 g/mol. The Morgan fingerprint density at radius 2 is 2.00 bits per heavy atom. The zero-order chi connectivity index (χ0) is 22.1. The average Bonchev–Trinajstić information content (AvgIpc) is 2.79. The molecule has 1 unspecified atom stereocenters. The number of ether oxygens (including phenoxy) is 2. The second kappa shape index (κ2) is 10.9. The minimum Gasteiger partial charge on any atom is -0.489 e. The molecule has 8 heteroatoms. The third-order valence-corrected chi connectivity index (χ3v) is 5.77. The van der Waals surface area contributed by atoms with Gasteiger partial charge in [0.2, 0.25) is 11.8 Å². The fourth-order valence-electron chi connectivity index (χ4n) is 4.07. The third-order valence-electron chi connectivity index (χ3n) is 5.77. The van der Waals surface area contributed by atoms with Gasteiger partial charge in [-0.3, -0.25) is 14.4 Å². The van der Waals surface area contributed by atoms with Gasteiger partial charge < -0.3 is 25.0 Å². The maximum atomic E-state index is 13.2. The summed E-state index contributed by atoms with van der Waals surface area (Å²) in [6.07, 6.45) is 6.10. The van der Waals surface area contributed by atoms with Crippen molar-refractivity contribution in [3.8, 4) is 5.75 Å². The van der Waals surface area contributed by atoms with E-state index in [9.17, 15) is 14.4 Å². The van der Waals surface area contributed by atoms with E-state index in [1.54, 1.807) is 30.2 Å². The Labute approximate surface area is 183 Å². The van der Waals surface area contributed by atoms with Gasteiger partial charge >= 0.3 is 0 Å². The van der Waals surface area contributed by atoms with Crippen LogP contribution in [0.4, 0.5) is 0 Å².